The minimum atomic E-state index is -0.741. The number of H-pyrrole nitrogens is 1. The predicted molar refractivity (Wildman–Crippen MR) is 157 cm³/mol. The van der Waals surface area contributed by atoms with E-state index in [2.05, 4.69) is 30.7 Å². The first kappa shape index (κ1) is 28.5. The zero-order valence-corrected chi connectivity index (χ0v) is 24.1. The maximum atomic E-state index is 13.3. The van der Waals surface area contributed by atoms with E-state index in [0.717, 1.165) is 24.2 Å². The number of benzene rings is 2. The SMILES string of the molecule is Cc1ccc(-c2nc([C@H](CC(=O)N3CCN(C)CC3)NC(=O)/C=C/c3cc(Cl)ccc3-n3cnnn3)[nH]c2Cl)cc1. The molecule has 13 heteroatoms. The molecule has 1 atom stereocenters. The second-order valence-corrected chi connectivity index (χ2v) is 10.7. The van der Waals surface area contributed by atoms with Gasteiger partial charge in [-0.1, -0.05) is 53.0 Å². The fraction of sp³-hybridized carbons (Fsp3) is 0.286. The molecule has 1 saturated heterocycles. The van der Waals surface area contributed by atoms with Crippen LogP contribution in [0.2, 0.25) is 10.2 Å². The van der Waals surface area contributed by atoms with E-state index < -0.39 is 11.9 Å². The van der Waals surface area contributed by atoms with Crippen LogP contribution in [-0.2, 0) is 9.59 Å². The average molecular weight is 595 g/mol. The van der Waals surface area contributed by atoms with Gasteiger partial charge in [-0.3, -0.25) is 9.59 Å². The summed E-state index contributed by atoms with van der Waals surface area (Å²) in [5, 5.41) is 15.0. The van der Waals surface area contributed by atoms with Crippen molar-refractivity contribution in [3.8, 4) is 16.9 Å². The van der Waals surface area contributed by atoms with Crippen molar-refractivity contribution >= 4 is 41.1 Å². The number of imidazole rings is 1. The van der Waals surface area contributed by atoms with Gasteiger partial charge < -0.3 is 20.1 Å². The number of hydrogen-bond donors (Lipinski definition) is 2. The van der Waals surface area contributed by atoms with E-state index in [0.29, 0.717) is 46.0 Å². The number of rotatable bonds is 8. The summed E-state index contributed by atoms with van der Waals surface area (Å²) in [4.78, 5) is 38.3. The molecule has 11 nitrogen and oxygen atoms in total. The largest absolute Gasteiger partial charge is 0.342 e. The lowest BCUT2D eigenvalue weighted by molar-refractivity contribution is -0.133. The molecular formula is C28H29Cl2N9O2. The summed E-state index contributed by atoms with van der Waals surface area (Å²) < 4.78 is 1.48. The Labute approximate surface area is 247 Å². The summed E-state index contributed by atoms with van der Waals surface area (Å²) >= 11 is 12.8. The molecule has 0 saturated carbocycles. The lowest BCUT2D eigenvalue weighted by atomic mass is 10.1. The topological polar surface area (TPSA) is 125 Å². The van der Waals surface area contributed by atoms with Crippen LogP contribution in [0, 0.1) is 6.92 Å². The zero-order chi connectivity index (χ0) is 28.9. The number of piperazine rings is 1. The molecule has 2 aromatic heterocycles. The number of likely N-dealkylation sites (N-methyl/N-ethyl adjacent to an activating group) is 1. The van der Waals surface area contributed by atoms with Gasteiger partial charge >= 0.3 is 0 Å². The number of halogens is 2. The third-order valence-corrected chi connectivity index (χ3v) is 7.39. The van der Waals surface area contributed by atoms with Crippen LogP contribution in [0.4, 0.5) is 0 Å². The van der Waals surface area contributed by atoms with Gasteiger partial charge in [-0.2, -0.15) is 4.68 Å². The molecule has 1 fully saturated rings. The Morgan fingerprint density at radius 3 is 2.56 bits per heavy atom. The summed E-state index contributed by atoms with van der Waals surface area (Å²) in [5.74, 6) is -0.104. The number of amides is 2. The van der Waals surface area contributed by atoms with Crippen LogP contribution < -0.4 is 5.32 Å². The van der Waals surface area contributed by atoms with Gasteiger partial charge in [0, 0.05) is 48.4 Å². The Morgan fingerprint density at radius 1 is 1.10 bits per heavy atom. The lowest BCUT2D eigenvalue weighted by Gasteiger charge is -2.33. The second-order valence-electron chi connectivity index (χ2n) is 9.89. The Bertz CT molecular complexity index is 1540. The van der Waals surface area contributed by atoms with E-state index in [1.807, 2.05) is 43.1 Å². The molecule has 3 heterocycles. The van der Waals surface area contributed by atoms with Gasteiger partial charge in [0.05, 0.1) is 18.2 Å². The molecule has 5 rings (SSSR count). The normalized spacial score (nSPS) is 14.9. The smallest absolute Gasteiger partial charge is 0.244 e. The Hall–Kier alpha value is -4.06. The minimum Gasteiger partial charge on any atom is -0.342 e. The molecule has 0 unspecified atom stereocenters. The van der Waals surface area contributed by atoms with E-state index in [-0.39, 0.29) is 12.3 Å². The number of nitrogens with zero attached hydrogens (tertiary/aromatic N) is 7. The molecule has 0 aliphatic carbocycles. The molecule has 1 aliphatic rings. The molecule has 212 valence electrons. The molecule has 2 N–H and O–H groups in total. The van der Waals surface area contributed by atoms with E-state index in [4.69, 9.17) is 28.2 Å². The Kier molecular flexibility index (Phi) is 8.77. The van der Waals surface area contributed by atoms with Crippen molar-refractivity contribution in [1.82, 2.24) is 45.3 Å². The van der Waals surface area contributed by atoms with E-state index >= 15 is 0 Å². The van der Waals surface area contributed by atoms with Crippen LogP contribution in [-0.4, -0.2) is 85.0 Å². The molecule has 0 bridgehead atoms. The van der Waals surface area contributed by atoms with Crippen molar-refractivity contribution in [3.05, 3.63) is 82.0 Å². The van der Waals surface area contributed by atoms with Crippen molar-refractivity contribution in [2.75, 3.05) is 33.2 Å². The van der Waals surface area contributed by atoms with Crippen LogP contribution in [0.25, 0.3) is 23.0 Å². The maximum absolute atomic E-state index is 13.3. The molecule has 2 aromatic carbocycles. The summed E-state index contributed by atoms with van der Waals surface area (Å²) in [6.07, 6.45) is 4.46. The van der Waals surface area contributed by atoms with Crippen molar-refractivity contribution in [2.45, 2.75) is 19.4 Å². The first-order chi connectivity index (χ1) is 19.8. The Balaban J connectivity index is 1.39. The van der Waals surface area contributed by atoms with Gasteiger partial charge in [-0.15, -0.1) is 5.10 Å². The lowest BCUT2D eigenvalue weighted by Crippen LogP contribution is -2.48. The highest BCUT2D eigenvalue weighted by Crippen LogP contribution is 2.29. The second kappa shape index (κ2) is 12.6. The van der Waals surface area contributed by atoms with Crippen LogP contribution in [0.1, 0.15) is 29.4 Å². The summed E-state index contributed by atoms with van der Waals surface area (Å²) in [6, 6.07) is 12.2. The van der Waals surface area contributed by atoms with Gasteiger partial charge in [-0.25, -0.2) is 4.98 Å². The number of aromatic amines is 1. The van der Waals surface area contributed by atoms with E-state index in [1.54, 1.807) is 24.3 Å². The summed E-state index contributed by atoms with van der Waals surface area (Å²) in [5.41, 5.74) is 3.76. The Morgan fingerprint density at radius 2 is 1.85 bits per heavy atom. The van der Waals surface area contributed by atoms with Gasteiger partial charge in [0.15, 0.2) is 0 Å². The third-order valence-electron chi connectivity index (χ3n) is 6.88. The van der Waals surface area contributed by atoms with Gasteiger partial charge in [0.2, 0.25) is 11.8 Å². The highest BCUT2D eigenvalue weighted by Gasteiger charge is 2.27. The zero-order valence-electron chi connectivity index (χ0n) is 22.6. The first-order valence-corrected chi connectivity index (χ1v) is 13.8. The quantitative estimate of drug-likeness (QED) is 0.298. The fourth-order valence-electron chi connectivity index (χ4n) is 4.54. The minimum absolute atomic E-state index is 0.0213. The van der Waals surface area contributed by atoms with Gasteiger partial charge in [0.1, 0.15) is 23.0 Å². The summed E-state index contributed by atoms with van der Waals surface area (Å²) in [6.45, 7) is 4.83. The molecule has 4 aromatic rings. The van der Waals surface area contributed by atoms with E-state index in [9.17, 15) is 9.59 Å². The van der Waals surface area contributed by atoms with Crippen LogP contribution in [0.5, 0.6) is 0 Å². The molecular weight excluding hydrogens is 565 g/mol. The van der Waals surface area contributed by atoms with Crippen LogP contribution in [0.15, 0.2) is 54.9 Å². The highest BCUT2D eigenvalue weighted by atomic mass is 35.5. The maximum Gasteiger partial charge on any atom is 0.244 e. The number of tetrazole rings is 1. The monoisotopic (exact) mass is 593 g/mol. The van der Waals surface area contributed by atoms with Crippen molar-refractivity contribution in [1.29, 1.82) is 0 Å². The molecule has 2 amide bonds. The van der Waals surface area contributed by atoms with Gasteiger partial charge in [0.25, 0.3) is 0 Å². The van der Waals surface area contributed by atoms with Gasteiger partial charge in [-0.05, 0) is 48.7 Å². The number of aromatic nitrogens is 6. The fourth-order valence-corrected chi connectivity index (χ4v) is 4.97. The first-order valence-electron chi connectivity index (χ1n) is 13.1. The number of carbonyl (C=O) groups excluding carboxylic acids is 2. The highest BCUT2D eigenvalue weighted by molar-refractivity contribution is 6.32. The number of carbonyl (C=O) groups is 2. The standard InChI is InChI=1S/C28H29Cl2N9O2/c1-18-3-5-19(6-4-18)26-27(30)34-28(33-26)22(16-25(41)38-13-11-37(2)12-14-38)32-24(40)10-7-20-15-21(29)8-9-23(20)39-17-31-35-36-39/h3-10,15,17,22H,11-14,16H2,1-2H3,(H,32,40)(H,33,34)/b10-7+/t22-/m0/s1. The van der Waals surface area contributed by atoms with Crippen LogP contribution in [0.3, 0.4) is 0 Å². The molecule has 0 spiro atoms. The van der Waals surface area contributed by atoms with E-state index in [1.165, 1.54) is 17.1 Å². The molecule has 1 aliphatic heterocycles. The molecule has 41 heavy (non-hydrogen) atoms. The number of nitrogens with one attached hydrogen (secondary N) is 2. The number of aryl methyl sites for hydroxylation is 1. The third kappa shape index (κ3) is 6.99. The van der Waals surface area contributed by atoms with Crippen molar-refractivity contribution in [3.63, 3.8) is 0 Å². The van der Waals surface area contributed by atoms with Crippen molar-refractivity contribution < 1.29 is 9.59 Å². The van der Waals surface area contributed by atoms with Crippen LogP contribution >= 0.6 is 23.2 Å². The average Bonchev–Trinajstić information content (AvgIpc) is 3.63. The van der Waals surface area contributed by atoms with Crippen molar-refractivity contribution in [2.24, 2.45) is 0 Å². The number of hydrogen-bond acceptors (Lipinski definition) is 7. The molecule has 0 radical (unpaired) electrons. The predicted octanol–water partition coefficient (Wildman–Crippen LogP) is 3.70. The summed E-state index contributed by atoms with van der Waals surface area (Å²) in [7, 11) is 2.03.